The van der Waals surface area contributed by atoms with E-state index in [0.29, 0.717) is 38.5 Å². The van der Waals surface area contributed by atoms with Crippen LogP contribution in [0.3, 0.4) is 0 Å². The summed E-state index contributed by atoms with van der Waals surface area (Å²) in [4.78, 5) is 72.7. The molecule has 0 aromatic rings. The van der Waals surface area contributed by atoms with Gasteiger partial charge in [0.2, 0.25) is 0 Å². The summed E-state index contributed by atoms with van der Waals surface area (Å²) >= 11 is 0. The Labute approximate surface area is 603 Å². The molecule has 0 aliphatic carbocycles. The lowest BCUT2D eigenvalue weighted by atomic mass is 10.1. The van der Waals surface area contributed by atoms with Gasteiger partial charge in [-0.3, -0.25) is 37.3 Å². The molecule has 17 nitrogen and oxygen atoms in total. The number of hydrogen-bond acceptors (Lipinski definition) is 15. The van der Waals surface area contributed by atoms with Crippen LogP contribution in [0.5, 0.6) is 0 Å². The van der Waals surface area contributed by atoms with Crippen LogP contribution in [-0.2, 0) is 65.4 Å². The van der Waals surface area contributed by atoms with Crippen LogP contribution in [0.15, 0.2) is 170 Å². The number of unbranched alkanes of at least 4 members (excludes halogenated alkanes) is 14. The standard InChI is InChI=1S/C81H130O17P2/c1-5-9-13-17-21-25-29-31-33-35-37-39-41-43-47-50-54-58-62-66-79(84)92-72-77(98-81(86)68-64-60-56-52-48-44-42-40-38-36-34-32-30-26-22-18-14-10-6-2)74-96-100(89,90)94-70-75(82)69-93-99(87,88)95-73-76(97-80(85)67-63-59-55-51-46-28-24-20-16-12-8-4)71-91-78(83)65-61-57-53-49-45-27-23-19-15-11-7-3/h9-10,13-14,19-26,31-34,37-40,43-44,47-48,54,56,58,60,75-77,82H,5-8,11-12,15-18,27-30,35-36,41-42,45-46,49-53,55,57,59,61-74H2,1-4H3,(H,87,88)(H,89,90)/b13-9-,14-10-,23-19-,24-20-,25-21-,26-22-,33-31-,34-32-,39-37-,40-38-,47-43-,48-44-,58-54-,60-56-. The number of ether oxygens (including phenoxy) is 4. The molecule has 0 radical (unpaired) electrons. The van der Waals surface area contributed by atoms with Gasteiger partial charge in [0.05, 0.1) is 26.4 Å². The topological polar surface area (TPSA) is 237 Å². The quantitative estimate of drug-likeness (QED) is 0.0169. The number of phosphoric acid groups is 2. The van der Waals surface area contributed by atoms with Crippen LogP contribution in [0.2, 0.25) is 0 Å². The van der Waals surface area contributed by atoms with Crippen molar-refractivity contribution < 1.29 is 80.2 Å². The van der Waals surface area contributed by atoms with E-state index in [1.165, 1.54) is 25.7 Å². The highest BCUT2D eigenvalue weighted by Crippen LogP contribution is 2.45. The van der Waals surface area contributed by atoms with E-state index in [-0.39, 0.29) is 25.7 Å². The summed E-state index contributed by atoms with van der Waals surface area (Å²) < 4.78 is 68.1. The molecule has 5 atom stereocenters. The zero-order valence-corrected chi connectivity index (χ0v) is 63.3. The molecular formula is C81H130O17P2. The van der Waals surface area contributed by atoms with E-state index in [0.717, 1.165) is 141 Å². The maximum Gasteiger partial charge on any atom is 0.472 e. The monoisotopic (exact) mass is 1440 g/mol. The first-order valence-electron chi connectivity index (χ1n) is 37.4. The Hall–Kier alpha value is -5.58. The summed E-state index contributed by atoms with van der Waals surface area (Å²) in [6.07, 6.45) is 84.0. The van der Waals surface area contributed by atoms with Crippen molar-refractivity contribution >= 4 is 39.5 Å². The third kappa shape index (κ3) is 70.8. The van der Waals surface area contributed by atoms with E-state index in [1.807, 2.05) is 36.5 Å². The lowest BCUT2D eigenvalue weighted by molar-refractivity contribution is -0.161. The van der Waals surface area contributed by atoms with Crippen LogP contribution >= 0.6 is 15.6 Å². The Kier molecular flexibility index (Phi) is 67.8. The van der Waals surface area contributed by atoms with Crippen molar-refractivity contribution in [2.75, 3.05) is 39.6 Å². The summed E-state index contributed by atoms with van der Waals surface area (Å²) in [7, 11) is -10.0. The second-order valence-corrected chi connectivity index (χ2v) is 27.0. The minimum atomic E-state index is -5.02. The number of phosphoric ester groups is 2. The molecule has 100 heavy (non-hydrogen) atoms. The molecule has 0 fully saturated rings. The van der Waals surface area contributed by atoms with Gasteiger partial charge in [-0.1, -0.05) is 262 Å². The maximum absolute atomic E-state index is 13.1. The third-order valence-corrected chi connectivity index (χ3v) is 16.6. The third-order valence-electron chi connectivity index (χ3n) is 14.7. The van der Waals surface area contributed by atoms with Gasteiger partial charge in [-0.15, -0.1) is 0 Å². The number of esters is 4. The first kappa shape index (κ1) is 94.4. The van der Waals surface area contributed by atoms with Gasteiger partial charge in [0.1, 0.15) is 19.3 Å². The maximum atomic E-state index is 13.1. The molecule has 0 heterocycles. The van der Waals surface area contributed by atoms with Crippen molar-refractivity contribution in [3.63, 3.8) is 0 Å². The van der Waals surface area contributed by atoms with E-state index < -0.39 is 97.5 Å². The van der Waals surface area contributed by atoms with Crippen LogP contribution in [0.25, 0.3) is 0 Å². The van der Waals surface area contributed by atoms with E-state index in [4.69, 9.17) is 37.0 Å². The Balaban J connectivity index is 5.50. The van der Waals surface area contributed by atoms with Crippen LogP contribution in [-0.4, -0.2) is 96.7 Å². The molecule has 0 bridgehead atoms. The molecule has 19 heteroatoms. The van der Waals surface area contributed by atoms with Crippen LogP contribution in [0.4, 0.5) is 0 Å². The van der Waals surface area contributed by atoms with E-state index >= 15 is 0 Å². The number of rotatable bonds is 68. The number of allylic oxidation sites excluding steroid dienone is 28. The fourth-order valence-corrected chi connectivity index (χ4v) is 10.6. The summed E-state index contributed by atoms with van der Waals surface area (Å²) in [6.45, 7) is 4.33. The van der Waals surface area contributed by atoms with Crippen molar-refractivity contribution in [3.05, 3.63) is 170 Å². The zero-order valence-electron chi connectivity index (χ0n) is 61.5. The molecule has 0 saturated carbocycles. The van der Waals surface area contributed by atoms with Gasteiger partial charge in [-0.05, 0) is 141 Å². The Morgan fingerprint density at radius 2 is 0.540 bits per heavy atom. The van der Waals surface area contributed by atoms with E-state index in [9.17, 15) is 43.2 Å². The first-order chi connectivity index (χ1) is 48.7. The molecule has 566 valence electrons. The number of carbonyl (C=O) groups is 4. The minimum Gasteiger partial charge on any atom is -0.462 e. The van der Waals surface area contributed by atoms with Crippen LogP contribution in [0.1, 0.15) is 259 Å². The van der Waals surface area contributed by atoms with Gasteiger partial charge < -0.3 is 33.8 Å². The summed E-state index contributed by atoms with van der Waals surface area (Å²) in [5, 5.41) is 10.6. The van der Waals surface area contributed by atoms with Gasteiger partial charge in [0.25, 0.3) is 0 Å². The van der Waals surface area contributed by atoms with Gasteiger partial charge in [0.15, 0.2) is 12.2 Å². The number of hydrogen-bond donors (Lipinski definition) is 3. The smallest absolute Gasteiger partial charge is 0.462 e. The lowest BCUT2D eigenvalue weighted by Crippen LogP contribution is -2.30. The first-order valence-corrected chi connectivity index (χ1v) is 40.4. The fourth-order valence-electron chi connectivity index (χ4n) is 9.00. The number of aliphatic hydroxyl groups excluding tert-OH is 1. The molecule has 0 aliphatic rings. The molecular weight excluding hydrogens is 1310 g/mol. The second-order valence-electron chi connectivity index (χ2n) is 24.1. The minimum absolute atomic E-state index is 0.0136. The second kappa shape index (κ2) is 71.8. The molecule has 3 N–H and O–H groups in total. The Morgan fingerprint density at radius 1 is 0.290 bits per heavy atom. The molecule has 0 aromatic carbocycles. The zero-order chi connectivity index (χ0) is 73.2. The molecule has 0 aliphatic heterocycles. The average Bonchev–Trinajstić information content (AvgIpc) is 1.06. The number of aliphatic hydroxyl groups is 1. The predicted octanol–water partition coefficient (Wildman–Crippen LogP) is 21.4. The van der Waals surface area contributed by atoms with Gasteiger partial charge in [-0.25, -0.2) is 9.13 Å². The highest BCUT2D eigenvalue weighted by Gasteiger charge is 2.30. The van der Waals surface area contributed by atoms with Crippen molar-refractivity contribution in [1.29, 1.82) is 0 Å². The molecule has 0 rings (SSSR count). The van der Waals surface area contributed by atoms with E-state index in [2.05, 4.69) is 161 Å². The van der Waals surface area contributed by atoms with Crippen molar-refractivity contribution in [1.82, 2.24) is 0 Å². The molecule has 0 amide bonds. The van der Waals surface area contributed by atoms with Crippen LogP contribution in [0, 0.1) is 0 Å². The fraction of sp³-hybridized carbons (Fsp3) is 0.605. The number of carbonyl (C=O) groups excluding carboxylic acids is 4. The Bertz CT molecular complexity index is 2570. The lowest BCUT2D eigenvalue weighted by Gasteiger charge is -2.21. The molecule has 0 spiro atoms. The largest absolute Gasteiger partial charge is 0.472 e. The highest BCUT2D eigenvalue weighted by atomic mass is 31.2. The van der Waals surface area contributed by atoms with Gasteiger partial charge in [0, 0.05) is 25.7 Å². The van der Waals surface area contributed by atoms with Crippen molar-refractivity contribution in [2.45, 2.75) is 277 Å². The van der Waals surface area contributed by atoms with Crippen LogP contribution < -0.4 is 0 Å². The van der Waals surface area contributed by atoms with Crippen molar-refractivity contribution in [2.24, 2.45) is 0 Å². The van der Waals surface area contributed by atoms with Crippen molar-refractivity contribution in [3.8, 4) is 0 Å². The molecule has 0 aromatic heterocycles. The van der Waals surface area contributed by atoms with E-state index in [1.54, 1.807) is 0 Å². The normalized spacial score (nSPS) is 14.9. The van der Waals surface area contributed by atoms with Gasteiger partial charge >= 0.3 is 39.5 Å². The molecule has 0 saturated heterocycles. The Morgan fingerprint density at radius 3 is 0.880 bits per heavy atom. The SMILES string of the molecule is CC/C=C\C/C=C\C/C=C\C/C=C\C/C=C\C/C=C\CCC(=O)OCC(COP(=O)(O)OCC(O)COP(=O)(O)OCC(COC(=O)CCCCCCC/C=C\CCCC)OC(=O)CCCCCCC/C=C\CCCC)OC(=O)CC/C=C\C/C=C\C/C=C\C/C=C\C/C=C\C/C=C\CC. The molecule has 5 unspecified atom stereocenters. The summed E-state index contributed by atoms with van der Waals surface area (Å²) in [5.41, 5.74) is 0. The predicted molar refractivity (Wildman–Crippen MR) is 408 cm³/mol. The summed E-state index contributed by atoms with van der Waals surface area (Å²) in [5.74, 6) is -2.41. The highest BCUT2D eigenvalue weighted by molar-refractivity contribution is 7.47. The average molecular weight is 1440 g/mol. The van der Waals surface area contributed by atoms with Gasteiger partial charge in [-0.2, -0.15) is 0 Å². The summed E-state index contributed by atoms with van der Waals surface area (Å²) in [6, 6.07) is 0.